The van der Waals surface area contributed by atoms with Crippen molar-refractivity contribution in [2.24, 2.45) is 0 Å². The maximum atomic E-state index is 13.7. The first-order chi connectivity index (χ1) is 18.1. The van der Waals surface area contributed by atoms with Gasteiger partial charge in [0.05, 0.1) is 0 Å². The van der Waals surface area contributed by atoms with Crippen LogP contribution in [0.3, 0.4) is 0 Å². The molecule has 0 unspecified atom stereocenters. The molecule has 0 aliphatic carbocycles. The Morgan fingerprint density at radius 2 is 1.79 bits per heavy atom. The second-order valence-corrected chi connectivity index (χ2v) is 10.7. The van der Waals surface area contributed by atoms with Crippen LogP contribution in [0.4, 0.5) is 30.6 Å². The smallest absolute Gasteiger partial charge is 0.369 e. The van der Waals surface area contributed by atoms with E-state index in [9.17, 15) is 18.0 Å². The summed E-state index contributed by atoms with van der Waals surface area (Å²) in [5, 5.41) is 5.98. The van der Waals surface area contributed by atoms with Crippen LogP contribution in [0.15, 0.2) is 24.4 Å². The van der Waals surface area contributed by atoms with E-state index in [1.807, 2.05) is 6.07 Å². The van der Waals surface area contributed by atoms with Crippen molar-refractivity contribution in [3.8, 4) is 0 Å². The fraction of sp³-hybridized carbons (Fsp3) is 0.607. The molecule has 2 N–H and O–H groups in total. The summed E-state index contributed by atoms with van der Waals surface area (Å²) in [6, 6.07) is 6.21. The zero-order valence-electron chi connectivity index (χ0n) is 22.6. The number of piperidine rings is 1. The number of likely N-dealkylation sites (tertiary alicyclic amines) is 2. The molecule has 2 fully saturated rings. The van der Waals surface area contributed by atoms with Crippen LogP contribution < -0.4 is 10.6 Å². The zero-order chi connectivity index (χ0) is 27.3. The van der Waals surface area contributed by atoms with Gasteiger partial charge in [-0.25, -0.2) is 4.98 Å². The highest BCUT2D eigenvalue weighted by Gasteiger charge is 2.35. The molecular formula is C28H39F3N6O. The van der Waals surface area contributed by atoms with Crippen LogP contribution in [0.1, 0.15) is 76.0 Å². The number of aryl methyl sites for hydroxylation is 1. The third-order valence-electron chi connectivity index (χ3n) is 7.75. The van der Waals surface area contributed by atoms with Gasteiger partial charge >= 0.3 is 6.18 Å². The van der Waals surface area contributed by atoms with Gasteiger partial charge in [0.25, 0.3) is 0 Å². The van der Waals surface area contributed by atoms with Crippen LogP contribution in [-0.2, 0) is 22.9 Å². The monoisotopic (exact) mass is 532 g/mol. The molecule has 2 aromatic rings. The van der Waals surface area contributed by atoms with E-state index in [4.69, 9.17) is 0 Å². The molecule has 2 saturated heterocycles. The Morgan fingerprint density at radius 1 is 1.05 bits per heavy atom. The number of aromatic nitrogens is 2. The minimum absolute atomic E-state index is 0.0975. The highest BCUT2D eigenvalue weighted by Crippen LogP contribution is 2.36. The molecule has 1 aromatic heterocycles. The number of benzene rings is 1. The molecule has 4 rings (SSSR count). The third kappa shape index (κ3) is 6.57. The molecule has 38 heavy (non-hydrogen) atoms. The average molecular weight is 533 g/mol. The molecule has 10 heteroatoms. The Labute approximate surface area is 223 Å². The average Bonchev–Trinajstić information content (AvgIpc) is 3.43. The van der Waals surface area contributed by atoms with Crippen LogP contribution in [0.5, 0.6) is 0 Å². The second-order valence-electron chi connectivity index (χ2n) is 10.7. The van der Waals surface area contributed by atoms with Crippen molar-refractivity contribution < 1.29 is 18.0 Å². The van der Waals surface area contributed by atoms with E-state index < -0.39 is 11.7 Å². The number of anilines is 3. The summed E-state index contributed by atoms with van der Waals surface area (Å²) in [7, 11) is 0. The number of carbonyl (C=O) groups excluding carboxylic acids is 1. The van der Waals surface area contributed by atoms with Gasteiger partial charge in [-0.05, 0) is 82.7 Å². The normalized spacial score (nSPS) is 17.2. The molecular weight excluding hydrogens is 493 g/mol. The van der Waals surface area contributed by atoms with Crippen molar-refractivity contribution in [3.05, 3.63) is 41.1 Å². The predicted molar refractivity (Wildman–Crippen MR) is 144 cm³/mol. The number of alkyl halides is 3. The maximum Gasteiger partial charge on any atom is 0.421 e. The zero-order valence-corrected chi connectivity index (χ0v) is 22.6. The van der Waals surface area contributed by atoms with Crippen LogP contribution in [0, 0.1) is 0 Å². The number of rotatable bonds is 10. The second kappa shape index (κ2) is 11.9. The third-order valence-corrected chi connectivity index (χ3v) is 7.75. The van der Waals surface area contributed by atoms with E-state index in [0.29, 0.717) is 25.9 Å². The van der Waals surface area contributed by atoms with Gasteiger partial charge in [-0.3, -0.25) is 9.69 Å². The van der Waals surface area contributed by atoms with Gasteiger partial charge in [0.1, 0.15) is 11.4 Å². The minimum atomic E-state index is -4.58. The molecule has 1 aromatic carbocycles. The van der Waals surface area contributed by atoms with Gasteiger partial charge in [-0.15, -0.1) is 0 Å². The summed E-state index contributed by atoms with van der Waals surface area (Å²) in [6.45, 7) is 10.2. The number of hydrogen-bond donors (Lipinski definition) is 2. The van der Waals surface area contributed by atoms with Crippen LogP contribution >= 0.6 is 0 Å². The summed E-state index contributed by atoms with van der Waals surface area (Å²) in [5.41, 5.74) is 2.04. The Morgan fingerprint density at radius 3 is 2.47 bits per heavy atom. The lowest BCUT2D eigenvalue weighted by Gasteiger charge is -2.36. The van der Waals surface area contributed by atoms with Crippen molar-refractivity contribution in [1.82, 2.24) is 19.8 Å². The number of halogens is 3. The number of carbonyl (C=O) groups is 1. The fourth-order valence-electron chi connectivity index (χ4n) is 5.33. The molecule has 0 atom stereocenters. The van der Waals surface area contributed by atoms with Gasteiger partial charge in [0, 0.05) is 43.5 Å². The molecule has 3 heterocycles. The van der Waals surface area contributed by atoms with Crippen LogP contribution in [0.2, 0.25) is 0 Å². The van der Waals surface area contributed by atoms with E-state index >= 15 is 0 Å². The Kier molecular flexibility index (Phi) is 8.80. The van der Waals surface area contributed by atoms with Gasteiger partial charge in [0.15, 0.2) is 0 Å². The van der Waals surface area contributed by atoms with Gasteiger partial charge < -0.3 is 15.5 Å². The molecule has 1 amide bonds. The summed E-state index contributed by atoms with van der Waals surface area (Å²) in [4.78, 5) is 24.4. The highest BCUT2D eigenvalue weighted by atomic mass is 19.4. The SMILES string of the molecule is CCc1cc(C(C)(C)N2CCCC2)ccc1Nc1ncc(C(F)(F)F)c(NCCCN2CCCCC2=O)n1. The lowest BCUT2D eigenvalue weighted by Crippen LogP contribution is -2.39. The first-order valence-electron chi connectivity index (χ1n) is 13.7. The van der Waals surface area contributed by atoms with E-state index in [0.717, 1.165) is 49.8 Å². The van der Waals surface area contributed by atoms with Crippen molar-refractivity contribution >= 4 is 23.4 Å². The maximum absolute atomic E-state index is 13.7. The standard InChI is InChI=1S/C28H39F3N6O/c1-4-20-18-21(27(2,3)37-16-7-8-17-37)11-12-23(20)34-26-33-19-22(28(29,30)31)25(35-26)32-13-9-15-36-14-6-5-10-24(36)38/h11-12,18-19H,4-10,13-17H2,1-3H3,(H2,32,33,34,35). The molecule has 7 nitrogen and oxygen atoms in total. The summed E-state index contributed by atoms with van der Waals surface area (Å²) < 4.78 is 41.0. The van der Waals surface area contributed by atoms with Gasteiger partial charge in [-0.1, -0.05) is 19.1 Å². The van der Waals surface area contributed by atoms with Crippen LogP contribution in [-0.4, -0.2) is 58.4 Å². The summed E-state index contributed by atoms with van der Waals surface area (Å²) >= 11 is 0. The Hall–Kier alpha value is -2.88. The largest absolute Gasteiger partial charge is 0.421 e. The lowest BCUT2D eigenvalue weighted by atomic mass is 9.90. The number of hydrogen-bond acceptors (Lipinski definition) is 6. The first kappa shape index (κ1) is 28.1. The molecule has 2 aliphatic heterocycles. The number of nitrogens with one attached hydrogen (secondary N) is 2. The number of amides is 1. The van der Waals surface area contributed by atoms with Crippen molar-refractivity contribution in [3.63, 3.8) is 0 Å². The van der Waals surface area contributed by atoms with E-state index in [-0.39, 0.29) is 29.8 Å². The van der Waals surface area contributed by atoms with Crippen LogP contribution in [0.25, 0.3) is 0 Å². The molecule has 208 valence electrons. The topological polar surface area (TPSA) is 73.4 Å². The van der Waals surface area contributed by atoms with Gasteiger partial charge in [-0.2, -0.15) is 18.2 Å². The Balaban J connectivity index is 1.48. The fourth-order valence-corrected chi connectivity index (χ4v) is 5.33. The first-order valence-corrected chi connectivity index (χ1v) is 13.7. The quantitative estimate of drug-likeness (QED) is 0.369. The highest BCUT2D eigenvalue weighted by molar-refractivity contribution is 5.76. The minimum Gasteiger partial charge on any atom is -0.369 e. The Bertz CT molecular complexity index is 1110. The molecule has 0 radical (unpaired) electrons. The van der Waals surface area contributed by atoms with Crippen molar-refractivity contribution in [2.45, 2.75) is 77.4 Å². The summed E-state index contributed by atoms with van der Waals surface area (Å²) in [6.07, 6.45) is 2.36. The molecule has 0 bridgehead atoms. The lowest BCUT2D eigenvalue weighted by molar-refractivity contribution is -0.137. The summed E-state index contributed by atoms with van der Waals surface area (Å²) in [5.74, 6) is -0.0416. The van der Waals surface area contributed by atoms with Crippen molar-refractivity contribution in [1.29, 1.82) is 0 Å². The molecule has 0 spiro atoms. The predicted octanol–water partition coefficient (Wildman–Crippen LogP) is 5.95. The molecule has 0 saturated carbocycles. The number of nitrogens with zero attached hydrogens (tertiary/aromatic N) is 4. The van der Waals surface area contributed by atoms with E-state index in [2.05, 4.69) is 58.4 Å². The van der Waals surface area contributed by atoms with Crippen molar-refractivity contribution in [2.75, 3.05) is 43.4 Å². The molecule has 2 aliphatic rings. The van der Waals surface area contributed by atoms with Gasteiger partial charge in [0.2, 0.25) is 11.9 Å². The van der Waals surface area contributed by atoms with E-state index in [1.54, 1.807) is 4.90 Å². The van der Waals surface area contributed by atoms with E-state index in [1.165, 1.54) is 18.4 Å².